The SMILES string of the molecule is CS(=O)(=O)N1CCN(c2ccc(/C=C3\C(=O)ON=C3C(F)(F)F)s2)CC1. The van der Waals surface area contributed by atoms with E-state index in [0.29, 0.717) is 31.1 Å². The first kappa shape index (κ1) is 18.9. The maximum absolute atomic E-state index is 12.9. The quantitative estimate of drug-likeness (QED) is 0.561. The molecule has 3 rings (SSSR count). The lowest BCUT2D eigenvalue weighted by atomic mass is 10.1. The third kappa shape index (κ3) is 3.91. The van der Waals surface area contributed by atoms with Gasteiger partial charge in [-0.25, -0.2) is 13.2 Å². The van der Waals surface area contributed by atoms with Gasteiger partial charge in [-0.3, -0.25) is 0 Å². The van der Waals surface area contributed by atoms with Gasteiger partial charge in [-0.05, 0) is 18.2 Å². The summed E-state index contributed by atoms with van der Waals surface area (Å²) in [5, 5.41) is 3.58. The van der Waals surface area contributed by atoms with E-state index in [9.17, 15) is 26.4 Å². The molecule has 0 aromatic carbocycles. The normalized spacial score (nSPS) is 21.2. The van der Waals surface area contributed by atoms with Gasteiger partial charge in [-0.1, -0.05) is 5.16 Å². The Morgan fingerprint density at radius 1 is 1.23 bits per heavy atom. The molecule has 0 aliphatic carbocycles. The van der Waals surface area contributed by atoms with Gasteiger partial charge in [0.2, 0.25) is 10.0 Å². The van der Waals surface area contributed by atoms with Crippen molar-refractivity contribution in [1.29, 1.82) is 0 Å². The van der Waals surface area contributed by atoms with Crippen LogP contribution in [0.3, 0.4) is 0 Å². The molecule has 0 atom stereocenters. The minimum absolute atomic E-state index is 0.338. The Kier molecular flexibility index (Phi) is 4.84. The molecule has 0 unspecified atom stereocenters. The standard InChI is InChI=1S/C14H14F3N3O4S2/c1-26(22,23)20-6-4-19(5-7-20)11-3-2-9(25-11)8-10-12(14(15,16)17)18-24-13(10)21/h2-3,8H,4-7H2,1H3/b10-8-. The van der Waals surface area contributed by atoms with Crippen molar-refractivity contribution in [3.63, 3.8) is 0 Å². The zero-order valence-corrected chi connectivity index (χ0v) is 15.1. The minimum atomic E-state index is -4.78. The summed E-state index contributed by atoms with van der Waals surface area (Å²) in [5.41, 5.74) is -1.98. The van der Waals surface area contributed by atoms with Crippen LogP contribution in [0.1, 0.15) is 4.88 Å². The van der Waals surface area contributed by atoms with Crippen LogP contribution < -0.4 is 4.90 Å². The summed E-state index contributed by atoms with van der Waals surface area (Å²) in [4.78, 5) is 18.0. The highest BCUT2D eigenvalue weighted by Crippen LogP contribution is 2.32. The molecule has 0 bridgehead atoms. The minimum Gasteiger partial charge on any atom is -0.361 e. The first-order chi connectivity index (χ1) is 12.1. The second-order valence-electron chi connectivity index (χ2n) is 5.70. The van der Waals surface area contributed by atoms with Gasteiger partial charge < -0.3 is 9.74 Å². The van der Waals surface area contributed by atoms with Crippen LogP contribution in [-0.4, -0.2) is 63.0 Å². The van der Waals surface area contributed by atoms with Gasteiger partial charge in [0.1, 0.15) is 0 Å². The molecule has 12 heteroatoms. The van der Waals surface area contributed by atoms with Crippen LogP contribution in [0.4, 0.5) is 18.2 Å². The fraction of sp³-hybridized carbons (Fsp3) is 0.429. The average molecular weight is 409 g/mol. The van der Waals surface area contributed by atoms with E-state index in [0.717, 1.165) is 17.3 Å². The number of rotatable bonds is 3. The maximum atomic E-state index is 12.9. The second-order valence-corrected chi connectivity index (χ2v) is 8.78. The summed E-state index contributed by atoms with van der Waals surface area (Å²) >= 11 is 1.20. The topological polar surface area (TPSA) is 79.3 Å². The number of hydrogen-bond acceptors (Lipinski definition) is 7. The van der Waals surface area contributed by atoms with Crippen molar-refractivity contribution in [2.45, 2.75) is 6.18 Å². The summed E-state index contributed by atoms with van der Waals surface area (Å²) in [6, 6.07) is 3.31. The fourth-order valence-corrected chi connectivity index (χ4v) is 4.41. The summed E-state index contributed by atoms with van der Waals surface area (Å²) in [7, 11) is -3.24. The molecular formula is C14H14F3N3O4S2. The summed E-state index contributed by atoms with van der Waals surface area (Å²) < 4.78 is 63.0. The number of hydrogen-bond donors (Lipinski definition) is 0. The molecule has 0 amide bonds. The van der Waals surface area contributed by atoms with E-state index in [2.05, 4.69) is 9.99 Å². The monoisotopic (exact) mass is 409 g/mol. The second kappa shape index (κ2) is 6.67. The Bertz CT molecular complexity index is 881. The van der Waals surface area contributed by atoms with Crippen LogP contribution in [0.2, 0.25) is 0 Å². The van der Waals surface area contributed by atoms with Crippen LogP contribution in [-0.2, 0) is 19.7 Å². The number of sulfonamides is 1. The Labute approximate surface area is 151 Å². The Morgan fingerprint density at radius 3 is 2.46 bits per heavy atom. The number of carbonyl (C=O) groups is 1. The lowest BCUT2D eigenvalue weighted by Gasteiger charge is -2.33. The molecular weight excluding hydrogens is 395 g/mol. The molecule has 26 heavy (non-hydrogen) atoms. The van der Waals surface area contributed by atoms with Crippen molar-refractivity contribution in [2.24, 2.45) is 5.16 Å². The van der Waals surface area contributed by atoms with E-state index < -0.39 is 33.5 Å². The molecule has 1 fully saturated rings. The predicted molar refractivity (Wildman–Crippen MR) is 90.5 cm³/mol. The Hall–Kier alpha value is -1.92. The Balaban J connectivity index is 1.75. The number of oxime groups is 1. The molecule has 2 aliphatic heterocycles. The van der Waals surface area contributed by atoms with Crippen LogP contribution in [0.25, 0.3) is 6.08 Å². The molecule has 0 saturated carbocycles. The highest BCUT2D eigenvalue weighted by Gasteiger charge is 2.45. The van der Waals surface area contributed by atoms with Gasteiger partial charge >= 0.3 is 12.1 Å². The number of nitrogens with zero attached hydrogens (tertiary/aromatic N) is 3. The van der Waals surface area contributed by atoms with Gasteiger partial charge in [0.25, 0.3) is 0 Å². The van der Waals surface area contributed by atoms with Crippen LogP contribution in [0.15, 0.2) is 22.9 Å². The van der Waals surface area contributed by atoms with E-state index >= 15 is 0 Å². The molecule has 0 spiro atoms. The highest BCUT2D eigenvalue weighted by molar-refractivity contribution is 7.88. The number of halogens is 3. The van der Waals surface area contributed by atoms with Crippen molar-refractivity contribution in [3.8, 4) is 0 Å². The van der Waals surface area contributed by atoms with Crippen molar-refractivity contribution in [2.75, 3.05) is 37.3 Å². The molecule has 142 valence electrons. The van der Waals surface area contributed by atoms with E-state index in [1.165, 1.54) is 15.6 Å². The number of carbonyl (C=O) groups excluding carboxylic acids is 1. The predicted octanol–water partition coefficient (Wildman–Crippen LogP) is 1.69. The van der Waals surface area contributed by atoms with Crippen LogP contribution >= 0.6 is 11.3 Å². The van der Waals surface area contributed by atoms with Gasteiger partial charge in [-0.2, -0.15) is 17.5 Å². The van der Waals surface area contributed by atoms with Gasteiger partial charge in [0, 0.05) is 31.1 Å². The smallest absolute Gasteiger partial charge is 0.361 e. The summed E-state index contributed by atoms with van der Waals surface area (Å²) in [6.07, 6.45) is -2.53. The molecule has 3 heterocycles. The van der Waals surface area contributed by atoms with Gasteiger partial charge in [-0.15, -0.1) is 11.3 Å². The first-order valence-electron chi connectivity index (χ1n) is 7.44. The van der Waals surface area contributed by atoms with Crippen molar-refractivity contribution in [1.82, 2.24) is 4.31 Å². The average Bonchev–Trinajstić information content (AvgIpc) is 3.14. The third-order valence-corrected chi connectivity index (χ3v) is 6.28. The van der Waals surface area contributed by atoms with E-state index in [1.54, 1.807) is 12.1 Å². The largest absolute Gasteiger partial charge is 0.437 e. The highest BCUT2D eigenvalue weighted by atomic mass is 32.2. The summed E-state index contributed by atoms with van der Waals surface area (Å²) in [5.74, 6) is -1.14. The Morgan fingerprint density at radius 2 is 1.88 bits per heavy atom. The maximum Gasteiger partial charge on any atom is 0.437 e. The van der Waals surface area contributed by atoms with Crippen LogP contribution in [0.5, 0.6) is 0 Å². The number of anilines is 1. The van der Waals surface area contributed by atoms with E-state index in [1.807, 2.05) is 4.90 Å². The van der Waals surface area contributed by atoms with Crippen molar-refractivity contribution in [3.05, 3.63) is 22.6 Å². The van der Waals surface area contributed by atoms with Crippen LogP contribution in [0, 0.1) is 0 Å². The molecule has 2 aliphatic rings. The number of alkyl halides is 3. The van der Waals surface area contributed by atoms with Crippen molar-refractivity contribution >= 4 is 44.1 Å². The van der Waals surface area contributed by atoms with Gasteiger partial charge in [0.05, 0.1) is 16.8 Å². The molecule has 1 saturated heterocycles. The molecule has 1 aromatic rings. The molecule has 7 nitrogen and oxygen atoms in total. The third-order valence-electron chi connectivity index (χ3n) is 3.88. The summed E-state index contributed by atoms with van der Waals surface area (Å²) in [6.45, 7) is 1.62. The first-order valence-corrected chi connectivity index (χ1v) is 10.1. The fourth-order valence-electron chi connectivity index (χ4n) is 2.59. The zero-order chi connectivity index (χ0) is 19.1. The van der Waals surface area contributed by atoms with Gasteiger partial charge in [0.15, 0.2) is 5.71 Å². The lowest BCUT2D eigenvalue weighted by molar-refractivity contribution is -0.136. The molecule has 1 aromatic heterocycles. The zero-order valence-electron chi connectivity index (χ0n) is 13.5. The molecule has 0 radical (unpaired) electrons. The van der Waals surface area contributed by atoms with Crippen molar-refractivity contribution < 1.29 is 31.2 Å². The van der Waals surface area contributed by atoms with E-state index in [-0.39, 0.29) is 0 Å². The number of thiophene rings is 1. The molecule has 0 N–H and O–H groups in total. The number of piperazine rings is 1. The lowest BCUT2D eigenvalue weighted by Crippen LogP contribution is -2.48. The van der Waals surface area contributed by atoms with E-state index in [4.69, 9.17) is 0 Å².